The van der Waals surface area contributed by atoms with Crippen LogP contribution in [0.4, 0.5) is 0 Å². The third-order valence-electron chi connectivity index (χ3n) is 3.33. The van der Waals surface area contributed by atoms with E-state index in [1.165, 1.54) is 0 Å². The lowest BCUT2D eigenvalue weighted by molar-refractivity contribution is 0.151. The van der Waals surface area contributed by atoms with Crippen molar-refractivity contribution in [1.29, 1.82) is 0 Å². The molecule has 0 bridgehead atoms. The summed E-state index contributed by atoms with van der Waals surface area (Å²) in [5, 5.41) is 11.8. The number of pyridine rings is 1. The molecule has 0 spiro atoms. The number of hydrogen-bond donors (Lipinski definition) is 1. The Morgan fingerprint density at radius 2 is 2.00 bits per heavy atom. The summed E-state index contributed by atoms with van der Waals surface area (Å²) in [5.74, 6) is 0.472. The first-order valence-corrected chi connectivity index (χ1v) is 7.16. The van der Waals surface area contributed by atoms with Gasteiger partial charge >= 0.3 is 0 Å². The van der Waals surface area contributed by atoms with Crippen molar-refractivity contribution in [2.24, 2.45) is 5.92 Å². The van der Waals surface area contributed by atoms with Crippen LogP contribution in [0, 0.1) is 5.92 Å². The van der Waals surface area contributed by atoms with E-state index in [2.05, 4.69) is 31.8 Å². The standard InChI is InChI=1S/C16H20ClNO/c1-4-11-8-13-9-12(15(19)7-10(2)3)5-6-14(13)18-16(11)17/h5-6,8-10,15,19H,4,7H2,1-3H3. The van der Waals surface area contributed by atoms with Gasteiger partial charge in [0.2, 0.25) is 0 Å². The lowest BCUT2D eigenvalue weighted by Crippen LogP contribution is -2.02. The third kappa shape index (κ3) is 3.26. The highest BCUT2D eigenvalue weighted by Gasteiger charge is 2.11. The van der Waals surface area contributed by atoms with E-state index in [1.54, 1.807) is 0 Å². The maximum atomic E-state index is 10.2. The van der Waals surface area contributed by atoms with E-state index < -0.39 is 6.10 Å². The summed E-state index contributed by atoms with van der Waals surface area (Å²) in [7, 11) is 0. The molecule has 3 heteroatoms. The molecule has 0 saturated heterocycles. The second-order valence-corrected chi connectivity index (χ2v) is 5.75. The Hall–Kier alpha value is -1.12. The summed E-state index contributed by atoms with van der Waals surface area (Å²) in [4.78, 5) is 4.39. The molecule has 0 amide bonds. The van der Waals surface area contributed by atoms with Crippen molar-refractivity contribution in [1.82, 2.24) is 4.98 Å². The number of rotatable bonds is 4. The van der Waals surface area contributed by atoms with Gasteiger partial charge in [0.15, 0.2) is 0 Å². The van der Waals surface area contributed by atoms with Crippen molar-refractivity contribution in [3.8, 4) is 0 Å². The van der Waals surface area contributed by atoms with Gasteiger partial charge in [0.25, 0.3) is 0 Å². The average Bonchev–Trinajstić information content (AvgIpc) is 2.36. The Balaban J connectivity index is 2.41. The number of fused-ring (bicyclic) bond motifs is 1. The lowest BCUT2D eigenvalue weighted by atomic mass is 9.98. The first kappa shape index (κ1) is 14.3. The van der Waals surface area contributed by atoms with E-state index in [-0.39, 0.29) is 0 Å². The zero-order chi connectivity index (χ0) is 14.0. The number of aliphatic hydroxyl groups is 1. The Morgan fingerprint density at radius 1 is 1.26 bits per heavy atom. The fourth-order valence-electron chi connectivity index (χ4n) is 2.25. The maximum absolute atomic E-state index is 10.2. The Labute approximate surface area is 119 Å². The van der Waals surface area contributed by atoms with E-state index in [0.717, 1.165) is 34.9 Å². The van der Waals surface area contributed by atoms with Crippen molar-refractivity contribution in [2.75, 3.05) is 0 Å². The normalized spacial score (nSPS) is 13.2. The molecule has 0 aliphatic heterocycles. The fraction of sp³-hybridized carbons (Fsp3) is 0.438. The molecule has 2 aromatic rings. The van der Waals surface area contributed by atoms with Crippen LogP contribution in [0.3, 0.4) is 0 Å². The largest absolute Gasteiger partial charge is 0.388 e. The predicted molar refractivity (Wildman–Crippen MR) is 80.5 cm³/mol. The first-order chi connectivity index (χ1) is 9.01. The van der Waals surface area contributed by atoms with Crippen molar-refractivity contribution in [3.63, 3.8) is 0 Å². The first-order valence-electron chi connectivity index (χ1n) is 6.78. The van der Waals surface area contributed by atoms with Gasteiger partial charge in [-0.2, -0.15) is 0 Å². The number of halogens is 1. The van der Waals surface area contributed by atoms with Crippen molar-refractivity contribution in [2.45, 2.75) is 39.7 Å². The molecule has 1 unspecified atom stereocenters. The van der Waals surface area contributed by atoms with Gasteiger partial charge in [0.1, 0.15) is 5.15 Å². The number of aromatic nitrogens is 1. The Kier molecular flexibility index (Phi) is 4.43. The number of nitrogens with zero attached hydrogens (tertiary/aromatic N) is 1. The van der Waals surface area contributed by atoms with Crippen LogP contribution in [-0.4, -0.2) is 10.1 Å². The zero-order valence-electron chi connectivity index (χ0n) is 11.7. The average molecular weight is 278 g/mol. The van der Waals surface area contributed by atoms with Gasteiger partial charge in [0.05, 0.1) is 11.6 Å². The van der Waals surface area contributed by atoms with E-state index in [9.17, 15) is 5.11 Å². The highest BCUT2D eigenvalue weighted by molar-refractivity contribution is 6.30. The summed E-state index contributed by atoms with van der Waals surface area (Å²) in [5.41, 5.74) is 2.87. The minimum atomic E-state index is -0.412. The molecule has 0 aliphatic carbocycles. The van der Waals surface area contributed by atoms with Crippen LogP contribution in [0.25, 0.3) is 10.9 Å². The SMILES string of the molecule is CCc1cc2cc(C(O)CC(C)C)ccc2nc1Cl. The van der Waals surface area contributed by atoms with Crippen LogP contribution in [0.5, 0.6) is 0 Å². The smallest absolute Gasteiger partial charge is 0.132 e. The van der Waals surface area contributed by atoms with E-state index >= 15 is 0 Å². The topological polar surface area (TPSA) is 33.1 Å². The third-order valence-corrected chi connectivity index (χ3v) is 3.65. The molecular formula is C16H20ClNO. The second kappa shape index (κ2) is 5.89. The zero-order valence-corrected chi connectivity index (χ0v) is 12.4. The summed E-state index contributed by atoms with van der Waals surface area (Å²) in [6, 6.07) is 7.95. The van der Waals surface area contributed by atoms with Crippen molar-refractivity contribution in [3.05, 3.63) is 40.5 Å². The van der Waals surface area contributed by atoms with Gasteiger partial charge in [-0.25, -0.2) is 4.98 Å². The summed E-state index contributed by atoms with van der Waals surface area (Å²) < 4.78 is 0. The van der Waals surface area contributed by atoms with Crippen LogP contribution < -0.4 is 0 Å². The quantitative estimate of drug-likeness (QED) is 0.833. The lowest BCUT2D eigenvalue weighted by Gasteiger charge is -2.14. The number of benzene rings is 1. The molecule has 0 radical (unpaired) electrons. The Bertz CT molecular complexity index is 580. The van der Waals surface area contributed by atoms with Crippen LogP contribution in [0.15, 0.2) is 24.3 Å². The van der Waals surface area contributed by atoms with Crippen LogP contribution in [0.2, 0.25) is 5.15 Å². The molecule has 1 N–H and O–H groups in total. The summed E-state index contributed by atoms with van der Waals surface area (Å²) in [6.45, 7) is 6.29. The molecule has 0 saturated carbocycles. The van der Waals surface area contributed by atoms with Crippen LogP contribution in [-0.2, 0) is 6.42 Å². The Morgan fingerprint density at radius 3 is 2.63 bits per heavy atom. The number of aryl methyl sites for hydroxylation is 1. The molecule has 2 rings (SSSR count). The van der Waals surface area contributed by atoms with Gasteiger partial charge in [-0.1, -0.05) is 38.4 Å². The van der Waals surface area contributed by atoms with Gasteiger partial charge in [0, 0.05) is 5.39 Å². The minimum absolute atomic E-state index is 0.412. The molecule has 1 aromatic heterocycles. The number of hydrogen-bond acceptors (Lipinski definition) is 2. The molecule has 0 fully saturated rings. The van der Waals surface area contributed by atoms with E-state index in [1.807, 2.05) is 18.2 Å². The molecule has 0 aliphatic rings. The molecule has 1 atom stereocenters. The second-order valence-electron chi connectivity index (χ2n) is 5.39. The maximum Gasteiger partial charge on any atom is 0.132 e. The van der Waals surface area contributed by atoms with Crippen LogP contribution >= 0.6 is 11.6 Å². The molecule has 1 aromatic carbocycles. The molecule has 102 valence electrons. The van der Waals surface area contributed by atoms with E-state index in [4.69, 9.17) is 11.6 Å². The monoisotopic (exact) mass is 277 g/mol. The van der Waals surface area contributed by atoms with Crippen molar-refractivity contribution < 1.29 is 5.11 Å². The van der Waals surface area contributed by atoms with Gasteiger partial charge in [-0.05, 0) is 48.1 Å². The highest BCUT2D eigenvalue weighted by atomic mass is 35.5. The van der Waals surface area contributed by atoms with Gasteiger partial charge in [-0.3, -0.25) is 0 Å². The highest BCUT2D eigenvalue weighted by Crippen LogP contribution is 2.26. The van der Waals surface area contributed by atoms with E-state index in [0.29, 0.717) is 11.1 Å². The molecule has 1 heterocycles. The predicted octanol–water partition coefficient (Wildman–Crippen LogP) is 4.53. The summed E-state index contributed by atoms with van der Waals surface area (Å²) in [6.07, 6.45) is 1.22. The number of aliphatic hydroxyl groups excluding tert-OH is 1. The van der Waals surface area contributed by atoms with Crippen molar-refractivity contribution >= 4 is 22.5 Å². The van der Waals surface area contributed by atoms with Gasteiger partial charge < -0.3 is 5.11 Å². The molecule has 19 heavy (non-hydrogen) atoms. The fourth-order valence-corrected chi connectivity index (χ4v) is 2.53. The molecular weight excluding hydrogens is 258 g/mol. The minimum Gasteiger partial charge on any atom is -0.388 e. The van der Waals surface area contributed by atoms with Crippen LogP contribution in [0.1, 0.15) is 44.4 Å². The molecule has 2 nitrogen and oxygen atoms in total. The summed E-state index contributed by atoms with van der Waals surface area (Å²) >= 11 is 6.11. The van der Waals surface area contributed by atoms with Gasteiger partial charge in [-0.15, -0.1) is 0 Å².